The molecule has 1 aliphatic rings. The normalized spacial score (nSPS) is 16.7. The van der Waals surface area contributed by atoms with Crippen LogP contribution in [0.2, 0.25) is 0 Å². The van der Waals surface area contributed by atoms with Crippen molar-refractivity contribution in [1.29, 1.82) is 0 Å². The monoisotopic (exact) mass is 372 g/mol. The quantitative estimate of drug-likeness (QED) is 0.688. The van der Waals surface area contributed by atoms with Gasteiger partial charge < -0.3 is 10.2 Å². The van der Waals surface area contributed by atoms with Crippen molar-refractivity contribution < 1.29 is 4.79 Å². The molecule has 26 heavy (non-hydrogen) atoms. The summed E-state index contributed by atoms with van der Waals surface area (Å²) in [5, 5.41) is 6.72. The van der Waals surface area contributed by atoms with Crippen LogP contribution in [0.25, 0.3) is 10.1 Å². The number of thiophene rings is 1. The summed E-state index contributed by atoms with van der Waals surface area (Å²) in [4.78, 5) is 14.7. The molecular formula is C22H32N2OS. The number of amides is 1. The number of rotatable bonds is 6. The van der Waals surface area contributed by atoms with Crippen molar-refractivity contribution in [3.05, 3.63) is 29.1 Å². The molecule has 0 saturated carbocycles. The number of hydrogen-bond donors (Lipinski definition) is 1. The Bertz CT molecular complexity index is 740. The van der Waals surface area contributed by atoms with Crippen LogP contribution in [-0.2, 0) is 4.79 Å². The minimum absolute atomic E-state index is 0.00190. The summed E-state index contributed by atoms with van der Waals surface area (Å²) in [5.41, 5.74) is 2.40. The molecule has 1 aromatic heterocycles. The maximum atomic E-state index is 12.0. The third kappa shape index (κ3) is 4.12. The molecule has 3 rings (SSSR count). The van der Waals surface area contributed by atoms with Crippen molar-refractivity contribution >= 4 is 33.0 Å². The second kappa shape index (κ2) is 8.53. The topological polar surface area (TPSA) is 32.3 Å². The van der Waals surface area contributed by atoms with E-state index in [-0.39, 0.29) is 11.8 Å². The van der Waals surface area contributed by atoms with E-state index in [9.17, 15) is 4.79 Å². The van der Waals surface area contributed by atoms with Crippen molar-refractivity contribution in [2.45, 2.75) is 65.3 Å². The van der Waals surface area contributed by atoms with Gasteiger partial charge in [-0.05, 0) is 79.2 Å². The van der Waals surface area contributed by atoms with Crippen molar-refractivity contribution in [3.63, 3.8) is 0 Å². The zero-order valence-corrected chi connectivity index (χ0v) is 17.4. The van der Waals surface area contributed by atoms with Crippen LogP contribution in [0.4, 0.5) is 5.69 Å². The number of likely N-dealkylation sites (tertiary alicyclic amines) is 1. The van der Waals surface area contributed by atoms with Crippen LogP contribution >= 0.6 is 11.3 Å². The van der Waals surface area contributed by atoms with Gasteiger partial charge >= 0.3 is 0 Å². The van der Waals surface area contributed by atoms with Crippen LogP contribution in [0.3, 0.4) is 0 Å². The first-order valence-electron chi connectivity index (χ1n) is 10.1. The molecule has 1 saturated heterocycles. The number of piperidine rings is 1. The maximum Gasteiger partial charge on any atom is 0.226 e. The van der Waals surface area contributed by atoms with E-state index in [2.05, 4.69) is 41.6 Å². The van der Waals surface area contributed by atoms with Crippen LogP contribution < -0.4 is 5.32 Å². The molecule has 3 nitrogen and oxygen atoms in total. The number of hydrogen-bond acceptors (Lipinski definition) is 3. The average molecular weight is 373 g/mol. The highest BCUT2D eigenvalue weighted by molar-refractivity contribution is 7.17. The molecule has 1 N–H and O–H groups in total. The first-order chi connectivity index (χ1) is 12.5. The number of fused-ring (bicyclic) bond motifs is 1. The van der Waals surface area contributed by atoms with Gasteiger partial charge in [0.05, 0.1) is 0 Å². The molecule has 2 aromatic rings. The fourth-order valence-corrected chi connectivity index (χ4v) is 5.13. The van der Waals surface area contributed by atoms with Gasteiger partial charge in [0.1, 0.15) is 0 Å². The largest absolute Gasteiger partial charge is 0.326 e. The van der Waals surface area contributed by atoms with Gasteiger partial charge in [0.25, 0.3) is 0 Å². The van der Waals surface area contributed by atoms with Gasteiger partial charge in [-0.2, -0.15) is 0 Å². The molecule has 1 fully saturated rings. The van der Waals surface area contributed by atoms with E-state index in [1.54, 1.807) is 0 Å². The Morgan fingerprint density at radius 1 is 1.23 bits per heavy atom. The molecule has 0 radical (unpaired) electrons. The lowest BCUT2D eigenvalue weighted by Gasteiger charge is -2.37. The lowest BCUT2D eigenvalue weighted by molar-refractivity contribution is -0.118. The molecule has 1 aliphatic heterocycles. The lowest BCUT2D eigenvalue weighted by Crippen LogP contribution is -2.40. The summed E-state index contributed by atoms with van der Waals surface area (Å²) in [6.07, 6.45) is 4.98. The molecule has 142 valence electrons. The van der Waals surface area contributed by atoms with Crippen LogP contribution in [0, 0.1) is 5.92 Å². The summed E-state index contributed by atoms with van der Waals surface area (Å²) in [6.45, 7) is 10.9. The van der Waals surface area contributed by atoms with Crippen molar-refractivity contribution in [1.82, 2.24) is 4.90 Å². The second-order valence-corrected chi connectivity index (χ2v) is 8.74. The number of carbonyl (C=O) groups excluding carboxylic acids is 1. The van der Waals surface area contributed by atoms with Crippen LogP contribution in [0.5, 0.6) is 0 Å². The number of carbonyl (C=O) groups is 1. The number of nitrogens with one attached hydrogen (secondary N) is 1. The molecule has 4 heteroatoms. The van der Waals surface area contributed by atoms with Crippen LogP contribution in [0.1, 0.15) is 64.9 Å². The van der Waals surface area contributed by atoms with E-state index in [0.29, 0.717) is 5.92 Å². The minimum Gasteiger partial charge on any atom is -0.326 e. The molecule has 0 unspecified atom stereocenters. The third-order valence-electron chi connectivity index (χ3n) is 5.82. The molecule has 2 heterocycles. The number of anilines is 1. The van der Waals surface area contributed by atoms with Gasteiger partial charge in [0, 0.05) is 22.3 Å². The number of nitrogens with zero attached hydrogens (tertiary/aromatic N) is 1. The zero-order chi connectivity index (χ0) is 18.7. The van der Waals surface area contributed by atoms with Gasteiger partial charge in [0.2, 0.25) is 5.91 Å². The van der Waals surface area contributed by atoms with E-state index in [1.165, 1.54) is 54.4 Å². The van der Waals surface area contributed by atoms with Crippen molar-refractivity contribution in [3.8, 4) is 0 Å². The summed E-state index contributed by atoms with van der Waals surface area (Å²) >= 11 is 1.83. The fourth-order valence-electron chi connectivity index (χ4n) is 4.11. The Balaban J connectivity index is 1.75. The highest BCUT2D eigenvalue weighted by atomic mass is 32.1. The summed E-state index contributed by atoms with van der Waals surface area (Å²) < 4.78 is 1.32. The number of benzene rings is 1. The van der Waals surface area contributed by atoms with Gasteiger partial charge in [-0.3, -0.25) is 4.79 Å². The molecular weight excluding hydrogens is 340 g/mol. The summed E-state index contributed by atoms with van der Waals surface area (Å²) in [6, 6.07) is 7.10. The summed E-state index contributed by atoms with van der Waals surface area (Å²) in [5.74, 6) is 0.729. The molecule has 0 aliphatic carbocycles. The molecule has 0 atom stereocenters. The van der Waals surface area contributed by atoms with Gasteiger partial charge in [-0.1, -0.05) is 27.7 Å². The highest BCUT2D eigenvalue weighted by Crippen LogP contribution is 2.38. The first-order valence-corrected chi connectivity index (χ1v) is 11.0. The SMILES string of the molecule is CCC(CC)N1CCC(c2csc3ccc(NC(=O)C(C)C)cc23)CC1. The zero-order valence-electron chi connectivity index (χ0n) is 16.5. The van der Waals surface area contributed by atoms with Gasteiger partial charge in [0.15, 0.2) is 0 Å². The van der Waals surface area contributed by atoms with E-state index >= 15 is 0 Å². The van der Waals surface area contributed by atoms with Crippen LogP contribution in [0.15, 0.2) is 23.6 Å². The van der Waals surface area contributed by atoms with E-state index in [1.807, 2.05) is 31.3 Å². The average Bonchev–Trinajstić information content (AvgIpc) is 3.06. The first kappa shape index (κ1) is 19.4. The van der Waals surface area contributed by atoms with Crippen molar-refractivity contribution in [2.75, 3.05) is 18.4 Å². The predicted molar refractivity (Wildman–Crippen MR) is 113 cm³/mol. The third-order valence-corrected chi connectivity index (χ3v) is 6.81. The standard InChI is InChI=1S/C22H32N2OS/c1-5-18(6-2)24-11-9-16(10-12-24)20-14-26-21-8-7-17(13-19(20)21)23-22(25)15(3)4/h7-8,13-16,18H,5-6,9-12H2,1-4H3,(H,23,25). The molecule has 1 aromatic carbocycles. The fraction of sp³-hybridized carbons (Fsp3) is 0.591. The maximum absolute atomic E-state index is 12.0. The smallest absolute Gasteiger partial charge is 0.226 e. The molecule has 1 amide bonds. The lowest BCUT2D eigenvalue weighted by atomic mass is 9.88. The van der Waals surface area contributed by atoms with E-state index < -0.39 is 0 Å². The van der Waals surface area contributed by atoms with Gasteiger partial charge in [-0.25, -0.2) is 0 Å². The Hall–Kier alpha value is -1.39. The Morgan fingerprint density at radius 2 is 1.92 bits per heavy atom. The van der Waals surface area contributed by atoms with Crippen LogP contribution in [-0.4, -0.2) is 29.9 Å². The van der Waals surface area contributed by atoms with E-state index in [0.717, 1.165) is 11.7 Å². The van der Waals surface area contributed by atoms with E-state index in [4.69, 9.17) is 0 Å². The predicted octanol–water partition coefficient (Wildman–Crippen LogP) is 5.86. The van der Waals surface area contributed by atoms with Gasteiger partial charge in [-0.15, -0.1) is 11.3 Å². The highest BCUT2D eigenvalue weighted by Gasteiger charge is 2.25. The Kier molecular flexibility index (Phi) is 6.36. The Morgan fingerprint density at radius 3 is 2.54 bits per heavy atom. The van der Waals surface area contributed by atoms with Crippen molar-refractivity contribution in [2.24, 2.45) is 5.92 Å². The minimum atomic E-state index is 0.00190. The molecule has 0 bridgehead atoms. The summed E-state index contributed by atoms with van der Waals surface area (Å²) in [7, 11) is 0. The Labute approximate surface area is 161 Å². The second-order valence-electron chi connectivity index (χ2n) is 7.83. The molecule has 0 spiro atoms.